The van der Waals surface area contributed by atoms with Crippen LogP contribution >= 0.6 is 0 Å². The number of rotatable bonds is 4. The monoisotopic (exact) mass is 338 g/mol. The number of aromatic nitrogens is 3. The molecule has 0 aliphatic carbocycles. The number of carbonyl (C=O) groups is 1. The van der Waals surface area contributed by atoms with Gasteiger partial charge in [0.2, 0.25) is 0 Å². The Hall–Kier alpha value is -3.02. The quantitative estimate of drug-likeness (QED) is 0.731. The lowest BCUT2D eigenvalue weighted by Crippen LogP contribution is -2.30. The summed E-state index contributed by atoms with van der Waals surface area (Å²) in [6.07, 6.45) is 3.20. The lowest BCUT2D eigenvalue weighted by atomic mass is 10.1. The molecule has 25 heavy (non-hydrogen) atoms. The van der Waals surface area contributed by atoms with Gasteiger partial charge in [-0.15, -0.1) is 0 Å². The largest absolute Gasteiger partial charge is 0.335 e. The van der Waals surface area contributed by atoms with E-state index < -0.39 is 6.04 Å². The van der Waals surface area contributed by atoms with Gasteiger partial charge in [-0.1, -0.05) is 24.3 Å². The number of pyridine rings is 1. The van der Waals surface area contributed by atoms with E-state index in [0.717, 1.165) is 0 Å². The van der Waals surface area contributed by atoms with Crippen molar-refractivity contribution in [1.29, 1.82) is 0 Å². The van der Waals surface area contributed by atoms with E-state index in [4.69, 9.17) is 0 Å². The second-order valence-corrected chi connectivity index (χ2v) is 5.86. The molecule has 0 radical (unpaired) electrons. The van der Waals surface area contributed by atoms with Crippen molar-refractivity contribution in [3.05, 3.63) is 77.5 Å². The van der Waals surface area contributed by atoms with Crippen LogP contribution in [0.2, 0.25) is 0 Å². The fourth-order valence-electron chi connectivity index (χ4n) is 2.72. The Kier molecular flexibility index (Phi) is 4.61. The first-order chi connectivity index (χ1) is 12.0. The van der Waals surface area contributed by atoms with Crippen molar-refractivity contribution in [1.82, 2.24) is 19.7 Å². The van der Waals surface area contributed by atoms with Gasteiger partial charge in [-0.2, -0.15) is 5.10 Å². The van der Waals surface area contributed by atoms with Gasteiger partial charge < -0.3 is 4.90 Å². The molecular weight excluding hydrogens is 319 g/mol. The first kappa shape index (κ1) is 16.8. The molecule has 1 amide bonds. The molecule has 1 atom stereocenters. The fraction of sp³-hybridized carbons (Fsp3) is 0.211. The van der Waals surface area contributed by atoms with Crippen LogP contribution < -0.4 is 0 Å². The number of hydrogen-bond acceptors (Lipinski definition) is 3. The van der Waals surface area contributed by atoms with E-state index in [-0.39, 0.29) is 11.7 Å². The summed E-state index contributed by atoms with van der Waals surface area (Å²) in [7, 11) is 1.66. The van der Waals surface area contributed by atoms with Crippen molar-refractivity contribution in [3.63, 3.8) is 0 Å². The van der Waals surface area contributed by atoms with Crippen LogP contribution in [0.15, 0.2) is 54.9 Å². The van der Waals surface area contributed by atoms with Crippen LogP contribution in [0.5, 0.6) is 0 Å². The molecule has 3 rings (SSSR count). The van der Waals surface area contributed by atoms with Crippen molar-refractivity contribution >= 4 is 5.91 Å². The number of hydrogen-bond donors (Lipinski definition) is 0. The van der Waals surface area contributed by atoms with Crippen LogP contribution in [-0.4, -0.2) is 32.6 Å². The van der Waals surface area contributed by atoms with E-state index in [1.165, 1.54) is 17.2 Å². The molecule has 0 saturated carbocycles. The molecule has 0 fully saturated rings. The molecule has 0 aliphatic rings. The van der Waals surface area contributed by atoms with Crippen LogP contribution in [-0.2, 0) is 0 Å². The Bertz CT molecular complexity index is 891. The van der Waals surface area contributed by atoms with Gasteiger partial charge in [0.1, 0.15) is 5.82 Å². The molecule has 0 aliphatic heterocycles. The van der Waals surface area contributed by atoms with Crippen LogP contribution in [0.1, 0.15) is 34.6 Å². The summed E-state index contributed by atoms with van der Waals surface area (Å²) in [5.41, 5.74) is 1.64. The van der Waals surface area contributed by atoms with Crippen LogP contribution in [0.3, 0.4) is 0 Å². The van der Waals surface area contributed by atoms with Gasteiger partial charge in [-0.25, -0.2) is 14.1 Å². The standard InChI is InChI=1S/C19H19FN4O/c1-13(15-8-4-5-9-17(15)20)23(3)19(25)16-12-22-24(14(16)2)18-10-6-7-11-21-18/h4-13H,1-3H3. The lowest BCUT2D eigenvalue weighted by Gasteiger charge is -2.25. The van der Waals surface area contributed by atoms with Gasteiger partial charge in [-0.3, -0.25) is 4.79 Å². The topological polar surface area (TPSA) is 51.0 Å². The highest BCUT2D eigenvalue weighted by molar-refractivity contribution is 5.95. The van der Waals surface area contributed by atoms with E-state index in [9.17, 15) is 9.18 Å². The molecule has 0 N–H and O–H groups in total. The summed E-state index contributed by atoms with van der Waals surface area (Å²) in [5.74, 6) is 0.106. The van der Waals surface area contributed by atoms with Crippen molar-refractivity contribution in [2.45, 2.75) is 19.9 Å². The molecular formula is C19H19FN4O. The summed E-state index contributed by atoms with van der Waals surface area (Å²) < 4.78 is 15.6. The van der Waals surface area contributed by atoms with Crippen LogP contribution in [0, 0.1) is 12.7 Å². The minimum Gasteiger partial charge on any atom is -0.335 e. The molecule has 2 heterocycles. The Morgan fingerprint density at radius 3 is 2.60 bits per heavy atom. The smallest absolute Gasteiger partial charge is 0.257 e. The Morgan fingerprint density at radius 1 is 1.20 bits per heavy atom. The van der Waals surface area contributed by atoms with E-state index in [1.807, 2.05) is 25.1 Å². The summed E-state index contributed by atoms with van der Waals surface area (Å²) in [6.45, 7) is 3.62. The summed E-state index contributed by atoms with van der Waals surface area (Å²) in [5, 5.41) is 4.27. The Labute approximate surface area is 145 Å². The van der Waals surface area contributed by atoms with Gasteiger partial charge in [0, 0.05) is 18.8 Å². The van der Waals surface area contributed by atoms with Crippen molar-refractivity contribution < 1.29 is 9.18 Å². The van der Waals surface area contributed by atoms with E-state index in [0.29, 0.717) is 22.6 Å². The SMILES string of the molecule is Cc1c(C(=O)N(C)C(C)c2ccccc2F)cnn1-c1ccccn1. The first-order valence-electron chi connectivity index (χ1n) is 7.98. The van der Waals surface area contributed by atoms with Crippen molar-refractivity contribution in [2.75, 3.05) is 7.05 Å². The molecule has 128 valence electrons. The molecule has 3 aromatic rings. The first-order valence-corrected chi connectivity index (χ1v) is 7.98. The third-order valence-electron chi connectivity index (χ3n) is 4.36. The minimum atomic E-state index is -0.397. The van der Waals surface area contributed by atoms with Gasteiger partial charge in [0.25, 0.3) is 5.91 Å². The molecule has 0 bridgehead atoms. The maximum atomic E-state index is 14.0. The second kappa shape index (κ2) is 6.84. The van der Waals surface area contributed by atoms with Gasteiger partial charge in [0.15, 0.2) is 5.82 Å². The molecule has 0 saturated heterocycles. The molecule has 6 heteroatoms. The highest BCUT2D eigenvalue weighted by atomic mass is 19.1. The average molecular weight is 338 g/mol. The molecule has 2 aromatic heterocycles. The third-order valence-corrected chi connectivity index (χ3v) is 4.36. The van der Waals surface area contributed by atoms with E-state index in [2.05, 4.69) is 10.1 Å². The molecule has 0 spiro atoms. The predicted molar refractivity (Wildman–Crippen MR) is 93.0 cm³/mol. The van der Waals surface area contributed by atoms with Gasteiger partial charge >= 0.3 is 0 Å². The van der Waals surface area contributed by atoms with Gasteiger partial charge in [0.05, 0.1) is 23.5 Å². The van der Waals surface area contributed by atoms with Crippen LogP contribution in [0.25, 0.3) is 5.82 Å². The zero-order chi connectivity index (χ0) is 18.0. The number of halogens is 1. The maximum Gasteiger partial charge on any atom is 0.257 e. The summed E-state index contributed by atoms with van der Waals surface area (Å²) in [6, 6.07) is 11.6. The number of amides is 1. The summed E-state index contributed by atoms with van der Waals surface area (Å²) >= 11 is 0. The highest BCUT2D eigenvalue weighted by Crippen LogP contribution is 2.24. The Morgan fingerprint density at radius 2 is 1.92 bits per heavy atom. The van der Waals surface area contributed by atoms with Crippen LogP contribution in [0.4, 0.5) is 4.39 Å². The maximum absolute atomic E-state index is 14.0. The number of nitrogens with zero attached hydrogens (tertiary/aromatic N) is 4. The van der Waals surface area contributed by atoms with Crippen molar-refractivity contribution in [3.8, 4) is 5.82 Å². The Balaban J connectivity index is 1.89. The number of carbonyl (C=O) groups excluding carboxylic acids is 1. The molecule has 1 unspecified atom stereocenters. The molecule has 1 aromatic carbocycles. The predicted octanol–water partition coefficient (Wildman–Crippen LogP) is 3.55. The fourth-order valence-corrected chi connectivity index (χ4v) is 2.72. The third kappa shape index (κ3) is 3.15. The second-order valence-electron chi connectivity index (χ2n) is 5.86. The normalized spacial score (nSPS) is 12.0. The van der Waals surface area contributed by atoms with Crippen molar-refractivity contribution in [2.24, 2.45) is 0 Å². The number of benzene rings is 1. The summed E-state index contributed by atoms with van der Waals surface area (Å²) in [4.78, 5) is 18.6. The zero-order valence-corrected chi connectivity index (χ0v) is 14.3. The minimum absolute atomic E-state index is 0.213. The van der Waals surface area contributed by atoms with E-state index in [1.54, 1.807) is 43.0 Å². The highest BCUT2D eigenvalue weighted by Gasteiger charge is 2.24. The zero-order valence-electron chi connectivity index (χ0n) is 14.3. The van der Waals surface area contributed by atoms with E-state index >= 15 is 0 Å². The average Bonchev–Trinajstić information content (AvgIpc) is 3.02. The van der Waals surface area contributed by atoms with Gasteiger partial charge in [-0.05, 0) is 32.0 Å². The molecule has 5 nitrogen and oxygen atoms in total. The lowest BCUT2D eigenvalue weighted by molar-refractivity contribution is 0.0739.